The molecule has 0 aromatic heterocycles. The van der Waals surface area contributed by atoms with E-state index in [1.807, 2.05) is 13.8 Å². The van der Waals surface area contributed by atoms with E-state index >= 15 is 0 Å². The molecular formula is C7H14O2. The lowest BCUT2D eigenvalue weighted by molar-refractivity contribution is 0.0730. The van der Waals surface area contributed by atoms with Crippen LogP contribution in [0.2, 0.25) is 0 Å². The van der Waals surface area contributed by atoms with Gasteiger partial charge in [-0.1, -0.05) is 0 Å². The minimum atomic E-state index is 0.365. The zero-order valence-corrected chi connectivity index (χ0v) is 6.09. The molecule has 2 nitrogen and oxygen atoms in total. The molecule has 0 amide bonds. The molecule has 1 rings (SSSR count). The first kappa shape index (κ1) is 7.03. The molecule has 1 saturated heterocycles. The monoisotopic (exact) mass is 130 g/mol. The molecule has 1 atom stereocenters. The average Bonchev–Trinajstić information content (AvgIpc) is 2.48. The van der Waals surface area contributed by atoms with Gasteiger partial charge in [0.15, 0.2) is 0 Å². The van der Waals surface area contributed by atoms with E-state index in [9.17, 15) is 0 Å². The summed E-state index contributed by atoms with van der Waals surface area (Å²) in [7, 11) is 0. The molecule has 0 saturated carbocycles. The summed E-state index contributed by atoms with van der Waals surface area (Å²) in [5.74, 6) is 0. The number of hydrogen-bond acceptors (Lipinski definition) is 2. The molecule has 1 fully saturated rings. The van der Waals surface area contributed by atoms with E-state index in [1.165, 1.54) is 0 Å². The third-order valence-electron chi connectivity index (χ3n) is 1.29. The summed E-state index contributed by atoms with van der Waals surface area (Å²) in [5, 5.41) is 0. The minimum absolute atomic E-state index is 0.365. The Morgan fingerprint density at radius 3 is 2.78 bits per heavy atom. The van der Waals surface area contributed by atoms with Crippen molar-refractivity contribution in [3.05, 3.63) is 0 Å². The molecule has 0 aromatic carbocycles. The number of rotatable bonds is 4. The summed E-state index contributed by atoms with van der Waals surface area (Å²) in [4.78, 5) is 0. The molecule has 1 heterocycles. The van der Waals surface area contributed by atoms with Gasteiger partial charge in [-0.25, -0.2) is 0 Å². The Balaban J connectivity index is 1.81. The highest BCUT2D eigenvalue weighted by molar-refractivity contribution is 4.67. The quantitative estimate of drug-likeness (QED) is 0.533. The first-order chi connectivity index (χ1) is 4.29. The fourth-order valence-electron chi connectivity index (χ4n) is 0.670. The molecule has 0 unspecified atom stereocenters. The topological polar surface area (TPSA) is 21.8 Å². The maximum absolute atomic E-state index is 5.31. The van der Waals surface area contributed by atoms with Gasteiger partial charge in [0.1, 0.15) is 0 Å². The van der Waals surface area contributed by atoms with Crippen LogP contribution in [0.25, 0.3) is 0 Å². The van der Waals surface area contributed by atoms with Gasteiger partial charge in [0, 0.05) is 6.61 Å². The van der Waals surface area contributed by atoms with Gasteiger partial charge in [0.25, 0.3) is 0 Å². The molecular weight excluding hydrogens is 116 g/mol. The summed E-state index contributed by atoms with van der Waals surface area (Å²) in [6.45, 7) is 5.89. The second-order valence-electron chi connectivity index (χ2n) is 2.66. The lowest BCUT2D eigenvalue weighted by atomic mass is 10.3. The lowest BCUT2D eigenvalue weighted by Crippen LogP contribution is -2.05. The van der Waals surface area contributed by atoms with E-state index in [0.717, 1.165) is 19.6 Å². The summed E-state index contributed by atoms with van der Waals surface area (Å²) in [6, 6.07) is 0. The van der Waals surface area contributed by atoms with Crippen LogP contribution in [0, 0.1) is 0 Å². The van der Waals surface area contributed by atoms with Gasteiger partial charge < -0.3 is 9.47 Å². The number of hydrogen-bond donors (Lipinski definition) is 0. The summed E-state index contributed by atoms with van der Waals surface area (Å²) < 4.78 is 10.3. The van der Waals surface area contributed by atoms with Crippen molar-refractivity contribution < 1.29 is 9.47 Å². The minimum Gasteiger partial charge on any atom is -0.379 e. The van der Waals surface area contributed by atoms with Crippen molar-refractivity contribution in [2.75, 3.05) is 13.2 Å². The molecule has 2 heteroatoms. The largest absolute Gasteiger partial charge is 0.379 e. The zero-order chi connectivity index (χ0) is 6.69. The van der Waals surface area contributed by atoms with Gasteiger partial charge in [-0.05, 0) is 20.3 Å². The van der Waals surface area contributed by atoms with Crippen LogP contribution >= 0.6 is 0 Å². The Kier molecular flexibility index (Phi) is 2.49. The van der Waals surface area contributed by atoms with Crippen LogP contribution in [0.15, 0.2) is 0 Å². The Morgan fingerprint density at radius 1 is 1.67 bits per heavy atom. The molecule has 9 heavy (non-hydrogen) atoms. The molecule has 0 radical (unpaired) electrons. The highest BCUT2D eigenvalue weighted by Crippen LogP contribution is 2.12. The van der Waals surface area contributed by atoms with Crippen molar-refractivity contribution in [3.63, 3.8) is 0 Å². The van der Waals surface area contributed by atoms with E-state index in [1.54, 1.807) is 0 Å². The third-order valence-corrected chi connectivity index (χ3v) is 1.29. The smallest absolute Gasteiger partial charge is 0.0831 e. The molecule has 1 aliphatic rings. The maximum atomic E-state index is 5.31. The van der Waals surface area contributed by atoms with Crippen LogP contribution in [-0.4, -0.2) is 25.4 Å². The van der Waals surface area contributed by atoms with Gasteiger partial charge in [0.2, 0.25) is 0 Å². The Hall–Kier alpha value is -0.0800. The van der Waals surface area contributed by atoms with Crippen LogP contribution in [-0.2, 0) is 9.47 Å². The average molecular weight is 130 g/mol. The molecule has 1 aliphatic heterocycles. The molecule has 54 valence electrons. The van der Waals surface area contributed by atoms with Crippen LogP contribution in [0.1, 0.15) is 20.3 Å². The van der Waals surface area contributed by atoms with Crippen molar-refractivity contribution in [2.24, 2.45) is 0 Å². The van der Waals surface area contributed by atoms with Gasteiger partial charge in [-0.15, -0.1) is 0 Å². The molecule has 0 bridgehead atoms. The van der Waals surface area contributed by atoms with Crippen LogP contribution in [0.5, 0.6) is 0 Å². The molecule has 0 spiro atoms. The second kappa shape index (κ2) is 3.18. The Morgan fingerprint density at radius 2 is 2.33 bits per heavy atom. The Bertz CT molecular complexity index is 75.0. The fraction of sp³-hybridized carbons (Fsp3) is 1.00. The molecule has 0 aliphatic carbocycles. The second-order valence-corrected chi connectivity index (χ2v) is 2.66. The number of ether oxygens (including phenoxy) is 2. The SMILES string of the molecule is CC(C)OCC[C@@H]1CO1. The van der Waals surface area contributed by atoms with Crippen LogP contribution in [0.4, 0.5) is 0 Å². The third kappa shape index (κ3) is 3.49. The lowest BCUT2D eigenvalue weighted by Gasteiger charge is -2.04. The normalized spacial score (nSPS) is 25.0. The van der Waals surface area contributed by atoms with Crippen LogP contribution < -0.4 is 0 Å². The first-order valence-corrected chi connectivity index (χ1v) is 3.52. The van der Waals surface area contributed by atoms with Crippen molar-refractivity contribution >= 4 is 0 Å². The van der Waals surface area contributed by atoms with E-state index in [-0.39, 0.29) is 0 Å². The molecule has 0 aromatic rings. The van der Waals surface area contributed by atoms with Gasteiger partial charge in [-0.2, -0.15) is 0 Å². The fourth-order valence-corrected chi connectivity index (χ4v) is 0.670. The number of epoxide rings is 1. The first-order valence-electron chi connectivity index (χ1n) is 3.52. The predicted octanol–water partition coefficient (Wildman–Crippen LogP) is 1.20. The highest BCUT2D eigenvalue weighted by Gasteiger charge is 2.21. The highest BCUT2D eigenvalue weighted by atomic mass is 16.6. The van der Waals surface area contributed by atoms with Crippen molar-refractivity contribution in [2.45, 2.75) is 32.5 Å². The van der Waals surface area contributed by atoms with Crippen molar-refractivity contribution in [3.8, 4) is 0 Å². The van der Waals surface area contributed by atoms with Gasteiger partial charge >= 0.3 is 0 Å². The van der Waals surface area contributed by atoms with Gasteiger partial charge in [0.05, 0.1) is 18.8 Å². The maximum Gasteiger partial charge on any atom is 0.0831 e. The van der Waals surface area contributed by atoms with Crippen molar-refractivity contribution in [1.29, 1.82) is 0 Å². The van der Waals surface area contributed by atoms with E-state index in [2.05, 4.69) is 0 Å². The van der Waals surface area contributed by atoms with E-state index in [4.69, 9.17) is 9.47 Å². The standard InChI is InChI=1S/C7H14O2/c1-6(2)8-4-3-7-5-9-7/h6-7H,3-5H2,1-2H3/t7-/m1/s1. The summed E-state index contributed by atoms with van der Waals surface area (Å²) in [6.07, 6.45) is 1.95. The zero-order valence-electron chi connectivity index (χ0n) is 6.09. The summed E-state index contributed by atoms with van der Waals surface area (Å²) >= 11 is 0. The van der Waals surface area contributed by atoms with Crippen molar-refractivity contribution in [1.82, 2.24) is 0 Å². The van der Waals surface area contributed by atoms with Crippen LogP contribution in [0.3, 0.4) is 0 Å². The summed E-state index contributed by atoms with van der Waals surface area (Å²) in [5.41, 5.74) is 0. The van der Waals surface area contributed by atoms with E-state index in [0.29, 0.717) is 12.2 Å². The predicted molar refractivity (Wildman–Crippen MR) is 35.4 cm³/mol. The Labute approximate surface area is 56.2 Å². The molecule has 0 N–H and O–H groups in total. The van der Waals surface area contributed by atoms with E-state index < -0.39 is 0 Å². The van der Waals surface area contributed by atoms with Gasteiger partial charge in [-0.3, -0.25) is 0 Å².